The van der Waals surface area contributed by atoms with E-state index in [1.165, 1.54) is 11.3 Å². The molecule has 2 amide bonds. The van der Waals surface area contributed by atoms with Gasteiger partial charge in [-0.05, 0) is 36.2 Å². The van der Waals surface area contributed by atoms with Crippen LogP contribution in [0.4, 0.5) is 10.8 Å². The average Bonchev–Trinajstić information content (AvgIpc) is 3.37. The van der Waals surface area contributed by atoms with Gasteiger partial charge in [0.15, 0.2) is 5.13 Å². The molecule has 9 heteroatoms. The number of hydrogen-bond acceptors (Lipinski definition) is 5. The Labute approximate surface area is 211 Å². The highest BCUT2D eigenvalue weighted by Crippen LogP contribution is 2.38. The zero-order chi connectivity index (χ0) is 24.2. The van der Waals surface area contributed by atoms with Crippen LogP contribution in [-0.4, -0.2) is 23.3 Å². The number of unbranched alkanes of at least 4 members (excludes halogenated alkanes) is 1. The van der Waals surface area contributed by atoms with Crippen LogP contribution in [-0.2, 0) is 16.0 Å². The maximum atomic E-state index is 13.2. The number of carbonyl (C=O) groups is 2. The predicted octanol–water partition coefficient (Wildman–Crippen LogP) is 6.10. The molecule has 1 aliphatic heterocycles. The fourth-order valence-electron chi connectivity index (χ4n) is 3.75. The molecule has 0 unspecified atom stereocenters. The summed E-state index contributed by atoms with van der Waals surface area (Å²) >= 11 is 13.6. The van der Waals surface area contributed by atoms with Crippen LogP contribution >= 0.6 is 34.5 Å². The topological polar surface area (TPSA) is 86.1 Å². The summed E-state index contributed by atoms with van der Waals surface area (Å²) in [6, 6.07) is 14.4. The lowest BCUT2D eigenvalue weighted by atomic mass is 10.0. The molecule has 4 rings (SSSR count). The summed E-state index contributed by atoms with van der Waals surface area (Å²) in [5.74, 6) is -1.00. The first kappa shape index (κ1) is 24.0. The van der Waals surface area contributed by atoms with E-state index in [1.807, 2.05) is 25.1 Å². The van der Waals surface area contributed by atoms with E-state index >= 15 is 0 Å². The van der Waals surface area contributed by atoms with Gasteiger partial charge in [-0.1, -0.05) is 54.7 Å². The number of anilines is 2. The van der Waals surface area contributed by atoms with Gasteiger partial charge in [0.2, 0.25) is 0 Å². The highest BCUT2D eigenvalue weighted by Gasteiger charge is 2.36. The van der Waals surface area contributed by atoms with Crippen molar-refractivity contribution in [1.29, 1.82) is 5.26 Å². The molecule has 0 saturated heterocycles. The second kappa shape index (κ2) is 10.4. The van der Waals surface area contributed by atoms with Crippen molar-refractivity contribution < 1.29 is 9.59 Å². The monoisotopic (exact) mass is 510 g/mol. The van der Waals surface area contributed by atoms with Gasteiger partial charge in [-0.3, -0.25) is 14.9 Å². The molecule has 0 fully saturated rings. The van der Waals surface area contributed by atoms with Crippen molar-refractivity contribution in [2.75, 3.05) is 16.8 Å². The molecule has 0 atom stereocenters. The predicted molar refractivity (Wildman–Crippen MR) is 136 cm³/mol. The molecule has 0 saturated carbocycles. The number of hydrogen-bond donors (Lipinski definition) is 1. The average molecular weight is 511 g/mol. The van der Waals surface area contributed by atoms with Crippen molar-refractivity contribution >= 4 is 62.7 Å². The molecule has 3 aromatic rings. The molecule has 0 aliphatic carbocycles. The smallest absolute Gasteiger partial charge is 0.268 e. The summed E-state index contributed by atoms with van der Waals surface area (Å²) in [5.41, 5.74) is 2.04. The van der Waals surface area contributed by atoms with E-state index in [0.717, 1.165) is 23.3 Å². The van der Waals surface area contributed by atoms with Crippen LogP contribution < -0.4 is 10.2 Å². The van der Waals surface area contributed by atoms with Crippen LogP contribution in [0.15, 0.2) is 54.2 Å². The number of rotatable bonds is 7. The van der Waals surface area contributed by atoms with E-state index in [0.29, 0.717) is 39.4 Å². The number of para-hydroxylation sites is 1. The van der Waals surface area contributed by atoms with Gasteiger partial charge in [0.05, 0.1) is 11.3 Å². The minimum absolute atomic E-state index is 0.120. The molecule has 0 radical (unpaired) electrons. The summed E-state index contributed by atoms with van der Waals surface area (Å²) in [6.45, 7) is 2.57. The summed E-state index contributed by atoms with van der Waals surface area (Å²) in [5, 5.41) is 14.0. The van der Waals surface area contributed by atoms with Gasteiger partial charge in [-0.2, -0.15) is 5.26 Å². The number of amides is 2. The molecule has 6 nitrogen and oxygen atoms in total. The third-order valence-corrected chi connectivity index (χ3v) is 6.91. The number of thiazole rings is 1. The first-order valence-corrected chi connectivity index (χ1v) is 12.3. The van der Waals surface area contributed by atoms with Gasteiger partial charge >= 0.3 is 0 Å². The largest absolute Gasteiger partial charge is 0.308 e. The maximum Gasteiger partial charge on any atom is 0.268 e. The van der Waals surface area contributed by atoms with Crippen molar-refractivity contribution in [1.82, 2.24) is 4.98 Å². The number of aromatic nitrogens is 1. The summed E-state index contributed by atoms with van der Waals surface area (Å²) < 4.78 is 0. The quantitative estimate of drug-likeness (QED) is 0.307. The zero-order valence-corrected chi connectivity index (χ0v) is 20.6. The molecule has 34 heavy (non-hydrogen) atoms. The number of nitriles is 1. The van der Waals surface area contributed by atoms with E-state index in [9.17, 15) is 14.9 Å². The van der Waals surface area contributed by atoms with Crippen molar-refractivity contribution in [3.05, 3.63) is 80.3 Å². The number of halogens is 2. The van der Waals surface area contributed by atoms with E-state index in [-0.39, 0.29) is 17.1 Å². The Bertz CT molecular complexity index is 1340. The first-order valence-electron chi connectivity index (χ1n) is 10.7. The van der Waals surface area contributed by atoms with Gasteiger partial charge in [0.25, 0.3) is 11.8 Å². The van der Waals surface area contributed by atoms with Gasteiger partial charge in [0.1, 0.15) is 11.6 Å². The number of benzene rings is 2. The standard InChI is InChI=1S/C25H20Cl2N4O2S/c1-2-3-10-31-21-7-5-4-6-18(21)22(24(31)33)19(13-28)23(32)30-25-29-14-17(34-25)12-15-11-16(26)8-9-20(15)27/h4-9,11,14H,2-3,10,12H2,1H3,(H,29,30,32). The Balaban J connectivity index is 1.59. The second-order valence-electron chi connectivity index (χ2n) is 7.69. The van der Waals surface area contributed by atoms with Gasteiger partial charge < -0.3 is 4.90 Å². The lowest BCUT2D eigenvalue weighted by Gasteiger charge is -2.16. The molecule has 1 aromatic heterocycles. The van der Waals surface area contributed by atoms with Crippen LogP contribution in [0.1, 0.15) is 35.8 Å². The van der Waals surface area contributed by atoms with Crippen LogP contribution in [0.3, 0.4) is 0 Å². The van der Waals surface area contributed by atoms with Crippen LogP contribution in [0.2, 0.25) is 10.0 Å². The number of nitrogens with zero attached hydrogens (tertiary/aromatic N) is 3. The third-order valence-electron chi connectivity index (χ3n) is 5.39. The Morgan fingerprint density at radius 3 is 2.79 bits per heavy atom. The first-order chi connectivity index (χ1) is 16.4. The Morgan fingerprint density at radius 2 is 2.03 bits per heavy atom. The molecule has 172 valence electrons. The van der Waals surface area contributed by atoms with Crippen LogP contribution in [0, 0.1) is 11.3 Å². The molecular formula is C25H20Cl2N4O2S. The van der Waals surface area contributed by atoms with Crippen molar-refractivity contribution in [2.24, 2.45) is 0 Å². The minimum atomic E-state index is -0.667. The SMILES string of the molecule is CCCCN1C(=O)C(=C(C#N)C(=O)Nc2ncc(Cc3cc(Cl)ccc3Cl)s2)c2ccccc21. The number of carbonyl (C=O) groups excluding carboxylic acids is 2. The number of nitrogens with one attached hydrogen (secondary N) is 1. The van der Waals surface area contributed by atoms with E-state index < -0.39 is 5.91 Å². The lowest BCUT2D eigenvalue weighted by Crippen LogP contribution is -2.28. The fourth-order valence-corrected chi connectivity index (χ4v) is 4.96. The number of fused-ring (bicyclic) bond motifs is 1. The van der Waals surface area contributed by atoms with Crippen LogP contribution in [0.25, 0.3) is 5.57 Å². The Hall–Kier alpha value is -3.18. The molecule has 0 bridgehead atoms. The molecule has 1 N–H and O–H groups in total. The summed E-state index contributed by atoms with van der Waals surface area (Å²) in [7, 11) is 0. The van der Waals surface area contributed by atoms with Gasteiger partial charge in [-0.15, -0.1) is 11.3 Å². The molecule has 2 heterocycles. The molecule has 2 aromatic carbocycles. The van der Waals surface area contributed by atoms with E-state index in [4.69, 9.17) is 23.2 Å². The minimum Gasteiger partial charge on any atom is -0.308 e. The van der Waals surface area contributed by atoms with E-state index in [2.05, 4.69) is 10.3 Å². The summed E-state index contributed by atoms with van der Waals surface area (Å²) in [4.78, 5) is 33.0. The van der Waals surface area contributed by atoms with Crippen LogP contribution in [0.5, 0.6) is 0 Å². The molecule has 1 aliphatic rings. The van der Waals surface area contributed by atoms with Gasteiger partial charge in [-0.25, -0.2) is 4.98 Å². The summed E-state index contributed by atoms with van der Waals surface area (Å²) in [6.07, 6.45) is 3.87. The highest BCUT2D eigenvalue weighted by molar-refractivity contribution is 7.15. The van der Waals surface area contributed by atoms with Crippen molar-refractivity contribution in [3.63, 3.8) is 0 Å². The molecule has 0 spiro atoms. The normalized spacial score (nSPS) is 14.1. The zero-order valence-electron chi connectivity index (χ0n) is 18.3. The van der Waals surface area contributed by atoms with E-state index in [1.54, 1.807) is 41.4 Å². The van der Waals surface area contributed by atoms with Crippen molar-refractivity contribution in [3.8, 4) is 6.07 Å². The Kier molecular flexibility index (Phi) is 7.32. The lowest BCUT2D eigenvalue weighted by molar-refractivity contribution is -0.114. The highest BCUT2D eigenvalue weighted by atomic mass is 35.5. The molecular weight excluding hydrogens is 491 g/mol. The Morgan fingerprint density at radius 1 is 1.24 bits per heavy atom. The fraction of sp³-hybridized carbons (Fsp3) is 0.200. The third kappa shape index (κ3) is 4.85. The van der Waals surface area contributed by atoms with Gasteiger partial charge in [0, 0.05) is 39.6 Å². The van der Waals surface area contributed by atoms with Crippen molar-refractivity contribution in [2.45, 2.75) is 26.2 Å². The second-order valence-corrected chi connectivity index (χ2v) is 9.65. The maximum absolute atomic E-state index is 13.2.